The van der Waals surface area contributed by atoms with Gasteiger partial charge in [-0.2, -0.15) is 9.13 Å². The van der Waals surface area contributed by atoms with Crippen LogP contribution in [0.3, 0.4) is 0 Å². The maximum atomic E-state index is 2.46. The molecule has 3 heteroatoms. The highest BCUT2D eigenvalue weighted by Gasteiger charge is 2.30. The van der Waals surface area contributed by atoms with Gasteiger partial charge < -0.3 is 4.90 Å². The predicted octanol–water partition coefficient (Wildman–Crippen LogP) is 7.15. The first kappa shape index (κ1) is 24.7. The van der Waals surface area contributed by atoms with Crippen molar-refractivity contribution in [1.82, 2.24) is 0 Å². The number of hydrogen-bond acceptors (Lipinski definition) is 1. The fraction of sp³-hybridized carbons (Fsp3) is 0.235. The van der Waals surface area contributed by atoms with Crippen molar-refractivity contribution in [3.05, 3.63) is 126 Å². The standard InChI is InChI=1S/C34H37N3/c1-5-35-22-12-11-17-30(35)24-26(3)34(37-23-13-16-28-14-7-10-19-33(28)37)27(4)25-31-21-20-29-15-8-9-18-32(29)36(31)6-2/h7-25,27,34H,5-6H2,1-4H3/q+2/b26-24+,31-25-. The SMILES string of the molecule is CCN1/C(=C\C(C)C(/C(C)=C/c2cccc[n+]2CC)[n+]2cccc3ccccc32)C=Cc2ccccc21. The second kappa shape index (κ2) is 11.0. The number of anilines is 1. The Hall–Kier alpha value is -3.98. The largest absolute Gasteiger partial charge is 0.342 e. The van der Waals surface area contributed by atoms with Crippen molar-refractivity contribution in [2.24, 2.45) is 5.92 Å². The second-order valence-electron chi connectivity index (χ2n) is 9.81. The van der Waals surface area contributed by atoms with Gasteiger partial charge in [-0.15, -0.1) is 0 Å². The Morgan fingerprint density at radius 1 is 0.865 bits per heavy atom. The second-order valence-corrected chi connectivity index (χ2v) is 9.81. The van der Waals surface area contributed by atoms with Crippen LogP contribution in [-0.4, -0.2) is 6.54 Å². The molecular formula is C34H37N3+2. The first-order valence-corrected chi connectivity index (χ1v) is 13.4. The summed E-state index contributed by atoms with van der Waals surface area (Å²) >= 11 is 0. The van der Waals surface area contributed by atoms with Crippen LogP contribution in [0.25, 0.3) is 23.1 Å². The van der Waals surface area contributed by atoms with Crippen molar-refractivity contribution < 1.29 is 9.13 Å². The van der Waals surface area contributed by atoms with Crippen molar-refractivity contribution >= 4 is 28.7 Å². The van der Waals surface area contributed by atoms with Gasteiger partial charge in [0.15, 0.2) is 18.4 Å². The number of fused-ring (bicyclic) bond motifs is 2. The summed E-state index contributed by atoms with van der Waals surface area (Å²) in [5.41, 5.74) is 7.63. The molecule has 2 unspecified atom stereocenters. The zero-order chi connectivity index (χ0) is 25.8. The van der Waals surface area contributed by atoms with Gasteiger partial charge >= 0.3 is 0 Å². The number of nitrogens with zero attached hydrogens (tertiary/aromatic N) is 3. The number of aromatic nitrogens is 2. The molecule has 37 heavy (non-hydrogen) atoms. The first-order valence-electron chi connectivity index (χ1n) is 13.4. The van der Waals surface area contributed by atoms with Gasteiger partial charge in [-0.3, -0.25) is 0 Å². The van der Waals surface area contributed by atoms with Crippen LogP contribution in [0.1, 0.15) is 45.0 Å². The van der Waals surface area contributed by atoms with Crippen molar-refractivity contribution in [2.75, 3.05) is 11.4 Å². The molecule has 0 spiro atoms. The third-order valence-corrected chi connectivity index (χ3v) is 7.42. The van der Waals surface area contributed by atoms with Crippen LogP contribution in [0.5, 0.6) is 0 Å². The maximum absolute atomic E-state index is 2.46. The Balaban J connectivity index is 1.63. The summed E-state index contributed by atoms with van der Waals surface area (Å²) in [5.74, 6) is 0.254. The van der Waals surface area contributed by atoms with Crippen LogP contribution in [0.15, 0.2) is 115 Å². The van der Waals surface area contributed by atoms with E-state index in [1.54, 1.807) is 0 Å². The summed E-state index contributed by atoms with van der Waals surface area (Å²) in [6.07, 6.45) is 13.7. The Labute approximate surface area is 221 Å². The third kappa shape index (κ3) is 4.99. The van der Waals surface area contributed by atoms with Crippen molar-refractivity contribution in [1.29, 1.82) is 0 Å². The number of benzene rings is 2. The molecule has 0 N–H and O–H groups in total. The molecule has 0 bridgehead atoms. The zero-order valence-corrected chi connectivity index (χ0v) is 22.4. The average Bonchev–Trinajstić information content (AvgIpc) is 2.93. The smallest absolute Gasteiger partial charge is 0.213 e. The van der Waals surface area contributed by atoms with Gasteiger partial charge in [0.1, 0.15) is 6.54 Å². The highest BCUT2D eigenvalue weighted by molar-refractivity contribution is 5.76. The molecule has 3 nitrogen and oxygen atoms in total. The van der Waals surface area contributed by atoms with E-state index in [9.17, 15) is 0 Å². The quantitative estimate of drug-likeness (QED) is 0.252. The molecular weight excluding hydrogens is 450 g/mol. The first-order chi connectivity index (χ1) is 18.1. The monoisotopic (exact) mass is 487 g/mol. The Morgan fingerprint density at radius 3 is 2.46 bits per heavy atom. The summed E-state index contributed by atoms with van der Waals surface area (Å²) in [5, 5.41) is 1.26. The van der Waals surface area contributed by atoms with Crippen molar-refractivity contribution in [3.63, 3.8) is 0 Å². The molecule has 1 aliphatic rings. The number of hydrogen-bond donors (Lipinski definition) is 0. The minimum Gasteiger partial charge on any atom is -0.342 e. The van der Waals surface area contributed by atoms with Crippen LogP contribution in [0.2, 0.25) is 0 Å². The third-order valence-electron chi connectivity index (χ3n) is 7.42. The molecule has 2 aromatic carbocycles. The lowest BCUT2D eigenvalue weighted by Crippen LogP contribution is -2.44. The maximum Gasteiger partial charge on any atom is 0.213 e. The lowest BCUT2D eigenvalue weighted by atomic mass is 9.91. The van der Waals surface area contributed by atoms with E-state index in [2.05, 4.69) is 157 Å². The number of para-hydroxylation sites is 2. The van der Waals surface area contributed by atoms with Crippen molar-refractivity contribution in [2.45, 2.75) is 40.3 Å². The summed E-state index contributed by atoms with van der Waals surface area (Å²) in [6, 6.07) is 28.3. The topological polar surface area (TPSA) is 11.0 Å². The van der Waals surface area contributed by atoms with Crippen molar-refractivity contribution in [3.8, 4) is 0 Å². The van der Waals surface area contributed by atoms with Gasteiger partial charge in [-0.1, -0.05) is 49.4 Å². The Bertz CT molecular complexity index is 1490. The molecule has 5 rings (SSSR count). The molecule has 1 aliphatic heterocycles. The van der Waals surface area contributed by atoms with E-state index in [1.165, 1.54) is 39.1 Å². The number of aryl methyl sites for hydroxylation is 1. The van der Waals surface area contributed by atoms with E-state index in [-0.39, 0.29) is 12.0 Å². The molecule has 0 radical (unpaired) electrons. The van der Waals surface area contributed by atoms with Gasteiger partial charge in [0, 0.05) is 65.1 Å². The number of pyridine rings is 2. The average molecular weight is 488 g/mol. The van der Waals surface area contributed by atoms with E-state index < -0.39 is 0 Å². The molecule has 0 amide bonds. The highest BCUT2D eigenvalue weighted by atomic mass is 15.1. The Kier molecular flexibility index (Phi) is 7.32. The molecule has 2 atom stereocenters. The highest BCUT2D eigenvalue weighted by Crippen LogP contribution is 2.33. The summed E-state index contributed by atoms with van der Waals surface area (Å²) in [4.78, 5) is 2.43. The fourth-order valence-electron chi connectivity index (χ4n) is 5.68. The predicted molar refractivity (Wildman–Crippen MR) is 155 cm³/mol. The van der Waals surface area contributed by atoms with Crippen LogP contribution >= 0.6 is 0 Å². The minimum absolute atomic E-state index is 0.161. The van der Waals surface area contributed by atoms with E-state index >= 15 is 0 Å². The van der Waals surface area contributed by atoms with E-state index in [4.69, 9.17) is 0 Å². The van der Waals surface area contributed by atoms with Gasteiger partial charge in [-0.05, 0) is 56.7 Å². The van der Waals surface area contributed by atoms with Gasteiger partial charge in [0.2, 0.25) is 11.2 Å². The van der Waals surface area contributed by atoms with Crippen LogP contribution in [0, 0.1) is 5.92 Å². The lowest BCUT2D eigenvalue weighted by Gasteiger charge is -2.30. The van der Waals surface area contributed by atoms with E-state index in [0.717, 1.165) is 13.1 Å². The van der Waals surface area contributed by atoms with Gasteiger partial charge in [0.25, 0.3) is 0 Å². The normalized spacial score (nSPS) is 16.2. The molecule has 0 saturated carbocycles. The summed E-state index contributed by atoms with van der Waals surface area (Å²) < 4.78 is 4.76. The van der Waals surface area contributed by atoms with E-state index in [1.807, 2.05) is 0 Å². The van der Waals surface area contributed by atoms with Crippen LogP contribution < -0.4 is 14.0 Å². The van der Waals surface area contributed by atoms with Crippen LogP contribution in [0.4, 0.5) is 5.69 Å². The molecule has 4 aromatic rings. The summed E-state index contributed by atoms with van der Waals surface area (Å²) in [7, 11) is 0. The molecule has 0 saturated heterocycles. The number of likely N-dealkylation sites (N-methyl/N-ethyl adjacent to an activating group) is 1. The van der Waals surface area contributed by atoms with E-state index in [0.29, 0.717) is 0 Å². The Morgan fingerprint density at radius 2 is 1.62 bits per heavy atom. The fourth-order valence-corrected chi connectivity index (χ4v) is 5.68. The number of rotatable bonds is 7. The summed E-state index contributed by atoms with van der Waals surface area (Å²) in [6.45, 7) is 10.9. The number of allylic oxidation sites excluding steroid dienone is 3. The van der Waals surface area contributed by atoms with Crippen LogP contribution in [-0.2, 0) is 6.54 Å². The minimum atomic E-state index is 0.161. The molecule has 0 fully saturated rings. The lowest BCUT2D eigenvalue weighted by molar-refractivity contribution is -0.697. The molecule has 186 valence electrons. The molecule has 2 aromatic heterocycles. The molecule has 3 heterocycles. The van der Waals surface area contributed by atoms with Gasteiger partial charge in [-0.25, -0.2) is 0 Å². The van der Waals surface area contributed by atoms with Gasteiger partial charge in [0.05, 0.1) is 0 Å². The molecule has 0 aliphatic carbocycles. The zero-order valence-electron chi connectivity index (χ0n) is 22.4.